The van der Waals surface area contributed by atoms with E-state index in [4.69, 9.17) is 0 Å². The van der Waals surface area contributed by atoms with E-state index in [-0.39, 0.29) is 5.48 Å². The molecule has 1 aromatic carbocycles. The topological polar surface area (TPSA) is 34.7 Å². The Kier molecular flexibility index (Phi) is 14.2. The highest BCUT2D eigenvalue weighted by molar-refractivity contribution is 5.25. The molecule has 2 N–H and O–H groups in total. The van der Waals surface area contributed by atoms with Crippen LogP contribution in [0.5, 0.6) is 0 Å². The maximum absolute atomic E-state index is 2.53. The summed E-state index contributed by atoms with van der Waals surface area (Å²) in [5, 5.41) is 0. The van der Waals surface area contributed by atoms with Gasteiger partial charge in [0, 0.05) is 0 Å². The van der Waals surface area contributed by atoms with Gasteiger partial charge in [0.05, 0.1) is 0 Å². The molecule has 0 amide bonds. The van der Waals surface area contributed by atoms with Gasteiger partial charge < -0.3 is 10.4 Å². The van der Waals surface area contributed by atoms with Crippen LogP contribution in [0.15, 0.2) is 24.3 Å². The summed E-state index contributed by atoms with van der Waals surface area (Å²) in [5.41, 5.74) is 3.00. The van der Waals surface area contributed by atoms with Gasteiger partial charge in [-0.15, -0.1) is 0 Å². The van der Waals surface area contributed by atoms with Gasteiger partial charge in [-0.05, 0) is 56.9 Å². The molecule has 0 saturated carbocycles. The molecule has 0 fully saturated rings. The van der Waals surface area contributed by atoms with Crippen LogP contribution in [-0.4, -0.2) is 30.0 Å². The summed E-state index contributed by atoms with van der Waals surface area (Å²) in [5.74, 6) is 0. The Bertz CT molecular complexity index is 374. The fraction of sp³-hybridized carbons (Fsp3) is 0.714. The number of rotatable bonds is 13. The molecule has 2 heteroatoms. The van der Waals surface area contributed by atoms with Gasteiger partial charge in [-0.1, -0.05) is 76.6 Å². The summed E-state index contributed by atoms with van der Waals surface area (Å²) in [7, 11) is 0. The van der Waals surface area contributed by atoms with Crippen molar-refractivity contribution in [3.63, 3.8) is 0 Å². The first kappa shape index (κ1) is 22.1. The summed E-state index contributed by atoms with van der Waals surface area (Å²) < 4.78 is 0. The number of unbranched alkanes of at least 4 members (excludes halogenated alkanes) is 7. The van der Waals surface area contributed by atoms with E-state index >= 15 is 0 Å². The summed E-state index contributed by atoms with van der Waals surface area (Å²) in [4.78, 5) is 2.53. The molecule has 0 aliphatic heterocycles. The van der Waals surface area contributed by atoms with Crippen molar-refractivity contribution in [2.45, 2.75) is 78.6 Å². The van der Waals surface area contributed by atoms with Crippen molar-refractivity contribution in [2.75, 3.05) is 19.6 Å². The second-order valence-corrected chi connectivity index (χ2v) is 6.53. The zero-order chi connectivity index (χ0) is 16.0. The Morgan fingerprint density at radius 2 is 1.26 bits per heavy atom. The Balaban J connectivity index is 0.00000484. The minimum absolute atomic E-state index is 0. The molecule has 0 spiro atoms. The molecule has 0 atom stereocenters. The van der Waals surface area contributed by atoms with Gasteiger partial charge in [-0.25, -0.2) is 0 Å². The van der Waals surface area contributed by atoms with E-state index < -0.39 is 0 Å². The third-order valence-electron chi connectivity index (χ3n) is 4.83. The van der Waals surface area contributed by atoms with Gasteiger partial charge in [-0.3, -0.25) is 0 Å². The minimum Gasteiger partial charge on any atom is -0.412 e. The molecule has 1 rings (SSSR count). The van der Waals surface area contributed by atoms with Crippen LogP contribution in [0.25, 0.3) is 0 Å². The highest BCUT2D eigenvalue weighted by Crippen LogP contribution is 2.14. The third-order valence-corrected chi connectivity index (χ3v) is 4.83. The normalized spacial score (nSPS) is 10.8. The molecule has 0 bridgehead atoms. The number of hydrogen-bond acceptors (Lipinski definition) is 1. The van der Waals surface area contributed by atoms with E-state index in [2.05, 4.69) is 49.9 Å². The average molecular weight is 322 g/mol. The van der Waals surface area contributed by atoms with Crippen LogP contribution in [0, 0.1) is 6.92 Å². The Morgan fingerprint density at radius 3 is 1.83 bits per heavy atom. The van der Waals surface area contributed by atoms with E-state index in [0.717, 1.165) is 0 Å². The Hall–Kier alpha value is -0.860. The predicted octanol–water partition coefficient (Wildman–Crippen LogP) is 5.18. The van der Waals surface area contributed by atoms with E-state index in [9.17, 15) is 0 Å². The zero-order valence-corrected chi connectivity index (χ0v) is 15.7. The van der Waals surface area contributed by atoms with Crippen molar-refractivity contribution in [1.82, 2.24) is 4.90 Å². The van der Waals surface area contributed by atoms with E-state index in [1.165, 1.54) is 83.0 Å². The first-order chi connectivity index (χ1) is 10.8. The molecule has 0 unspecified atom stereocenters. The first-order valence-corrected chi connectivity index (χ1v) is 9.54. The lowest BCUT2D eigenvalue weighted by atomic mass is 10.0. The van der Waals surface area contributed by atoms with Crippen LogP contribution in [0.4, 0.5) is 0 Å². The maximum atomic E-state index is 2.53. The molecule has 0 heterocycles. The van der Waals surface area contributed by atoms with Gasteiger partial charge in [-0.2, -0.15) is 0 Å². The maximum Gasteiger partial charge on any atom is -0.00190 e. The lowest BCUT2D eigenvalue weighted by Gasteiger charge is -2.17. The second kappa shape index (κ2) is 14.7. The SMILES string of the molecule is CCN(CC)CCCCCCCCCCc1ccccc1C.O. The smallest absolute Gasteiger partial charge is 0.00190 e. The quantitative estimate of drug-likeness (QED) is 0.461. The van der Waals surface area contributed by atoms with Crippen molar-refractivity contribution in [1.29, 1.82) is 0 Å². The van der Waals surface area contributed by atoms with Crippen LogP contribution in [0.1, 0.15) is 76.3 Å². The minimum atomic E-state index is 0. The fourth-order valence-corrected chi connectivity index (χ4v) is 3.14. The third kappa shape index (κ3) is 10.5. The highest BCUT2D eigenvalue weighted by Gasteiger charge is 1.99. The van der Waals surface area contributed by atoms with Crippen LogP contribution >= 0.6 is 0 Å². The number of hydrogen-bond donors (Lipinski definition) is 0. The Labute approximate surface area is 144 Å². The van der Waals surface area contributed by atoms with Crippen LogP contribution in [0.2, 0.25) is 0 Å². The summed E-state index contributed by atoms with van der Waals surface area (Å²) in [6, 6.07) is 8.82. The van der Waals surface area contributed by atoms with Crippen molar-refractivity contribution >= 4 is 0 Å². The molecule has 0 aliphatic rings. The number of nitrogens with zero attached hydrogens (tertiary/aromatic N) is 1. The predicted molar refractivity (Wildman–Crippen MR) is 103 cm³/mol. The Morgan fingerprint density at radius 1 is 0.739 bits per heavy atom. The van der Waals surface area contributed by atoms with Crippen molar-refractivity contribution in [3.05, 3.63) is 35.4 Å². The highest BCUT2D eigenvalue weighted by atomic mass is 16.0. The molecule has 0 aromatic heterocycles. The fourth-order valence-electron chi connectivity index (χ4n) is 3.14. The first-order valence-electron chi connectivity index (χ1n) is 9.54. The standard InChI is InChI=1S/C21H37N.H2O/c1-4-22(5-2)19-15-11-9-7-6-8-10-12-17-21-18-14-13-16-20(21)3;/h13-14,16,18H,4-12,15,17,19H2,1-3H3;1H2. The van der Waals surface area contributed by atoms with Crippen molar-refractivity contribution in [2.24, 2.45) is 0 Å². The van der Waals surface area contributed by atoms with Gasteiger partial charge in [0.15, 0.2) is 0 Å². The molecule has 134 valence electrons. The van der Waals surface area contributed by atoms with Crippen molar-refractivity contribution in [3.8, 4) is 0 Å². The second-order valence-electron chi connectivity index (χ2n) is 6.53. The van der Waals surface area contributed by atoms with Gasteiger partial charge in [0.2, 0.25) is 0 Å². The zero-order valence-electron chi connectivity index (χ0n) is 15.7. The van der Waals surface area contributed by atoms with Crippen LogP contribution in [0.3, 0.4) is 0 Å². The molecular formula is C21H39NO. The van der Waals surface area contributed by atoms with Gasteiger partial charge >= 0.3 is 0 Å². The van der Waals surface area contributed by atoms with Gasteiger partial charge in [0.1, 0.15) is 0 Å². The summed E-state index contributed by atoms with van der Waals surface area (Å²) >= 11 is 0. The van der Waals surface area contributed by atoms with Crippen LogP contribution in [-0.2, 0) is 6.42 Å². The van der Waals surface area contributed by atoms with E-state index in [1.54, 1.807) is 5.56 Å². The lowest BCUT2D eigenvalue weighted by Crippen LogP contribution is -2.23. The van der Waals surface area contributed by atoms with E-state index in [1.807, 2.05) is 0 Å². The molecule has 0 saturated heterocycles. The van der Waals surface area contributed by atoms with Crippen molar-refractivity contribution < 1.29 is 5.48 Å². The molecule has 0 radical (unpaired) electrons. The number of benzene rings is 1. The van der Waals surface area contributed by atoms with E-state index in [0.29, 0.717) is 0 Å². The van der Waals surface area contributed by atoms with Gasteiger partial charge in [0.25, 0.3) is 0 Å². The van der Waals surface area contributed by atoms with Crippen LogP contribution < -0.4 is 0 Å². The summed E-state index contributed by atoms with van der Waals surface area (Å²) in [6.45, 7) is 10.5. The largest absolute Gasteiger partial charge is 0.412 e. The molecule has 0 aliphatic carbocycles. The number of aryl methyl sites for hydroxylation is 2. The molecule has 23 heavy (non-hydrogen) atoms. The monoisotopic (exact) mass is 321 g/mol. The average Bonchev–Trinajstić information content (AvgIpc) is 2.54. The molecular weight excluding hydrogens is 282 g/mol. The molecule has 1 aromatic rings. The summed E-state index contributed by atoms with van der Waals surface area (Å²) in [6.07, 6.45) is 12.5. The lowest BCUT2D eigenvalue weighted by molar-refractivity contribution is 0.295. The molecule has 2 nitrogen and oxygen atoms in total.